The van der Waals surface area contributed by atoms with Crippen LogP contribution in [0, 0.1) is 0 Å². The summed E-state index contributed by atoms with van der Waals surface area (Å²) in [5.41, 5.74) is 0. The molecule has 0 saturated heterocycles. The van der Waals surface area contributed by atoms with Gasteiger partial charge < -0.3 is 3.44 Å². The van der Waals surface area contributed by atoms with Gasteiger partial charge in [0.15, 0.2) is 0 Å². The Morgan fingerprint density at radius 3 is 2.25 bits per heavy atom. The highest BCUT2D eigenvalue weighted by molar-refractivity contribution is 14.2. The van der Waals surface area contributed by atoms with Gasteiger partial charge in [0.1, 0.15) is 0 Å². The highest BCUT2D eigenvalue weighted by atomic mass is 127. The molecule has 0 aromatic carbocycles. The van der Waals surface area contributed by atoms with Gasteiger partial charge in [-0.05, 0) is 10.9 Å². The van der Waals surface area contributed by atoms with Crippen LogP contribution in [0.2, 0.25) is 0 Å². The van der Waals surface area contributed by atoms with Gasteiger partial charge in [0.2, 0.25) is 0 Å². The quantitative estimate of drug-likeness (QED) is 0.533. The molecule has 0 amide bonds. The van der Waals surface area contributed by atoms with Crippen molar-refractivity contribution in [3.63, 3.8) is 0 Å². The van der Waals surface area contributed by atoms with Crippen LogP contribution in [0.1, 0.15) is 6.92 Å². The molecule has 4 heavy (non-hydrogen) atoms. The van der Waals surface area contributed by atoms with Crippen molar-refractivity contribution in [2.45, 2.75) is 6.92 Å². The Labute approximate surface area is 35.9 Å². The van der Waals surface area contributed by atoms with Crippen LogP contribution in [0.3, 0.4) is 0 Å². The highest BCUT2D eigenvalue weighted by Crippen LogP contribution is 1.74. The standard InChI is InChI=1S/C2H5IO/c1-2-3-4/h2,4H,1H3. The van der Waals surface area contributed by atoms with E-state index in [-0.39, 0.29) is 0 Å². The van der Waals surface area contributed by atoms with Gasteiger partial charge in [0, 0.05) is 21.1 Å². The van der Waals surface area contributed by atoms with Gasteiger partial charge in [0.25, 0.3) is 0 Å². The normalized spacial score (nSPS) is 11.5. The van der Waals surface area contributed by atoms with Crippen molar-refractivity contribution in [2.24, 2.45) is 0 Å². The predicted molar refractivity (Wildman–Crippen MR) is 28.0 cm³/mol. The average molecular weight is 172 g/mol. The number of rotatable bonds is 0. The van der Waals surface area contributed by atoms with Gasteiger partial charge in [-0.15, -0.1) is 0 Å². The Morgan fingerprint density at radius 2 is 2.25 bits per heavy atom. The SMILES string of the molecule is C/C=I\O. The van der Waals surface area contributed by atoms with E-state index in [1.165, 1.54) is 0 Å². The molecule has 2 heteroatoms. The Hall–Kier alpha value is 0.560. The molecule has 0 fully saturated rings. The zero-order valence-electron chi connectivity index (χ0n) is 2.40. The molecular formula is C2H5IO. The van der Waals surface area contributed by atoms with Crippen molar-refractivity contribution in [3.05, 3.63) is 0 Å². The van der Waals surface area contributed by atoms with Crippen molar-refractivity contribution in [1.29, 1.82) is 0 Å². The summed E-state index contributed by atoms with van der Waals surface area (Å²) in [6.07, 6.45) is 0. The second kappa shape index (κ2) is 3.56. The fourth-order valence-electron chi connectivity index (χ4n) is 0. The van der Waals surface area contributed by atoms with Crippen molar-refractivity contribution < 1.29 is 3.44 Å². The largest absolute Gasteiger partial charge is 0.337 e. The van der Waals surface area contributed by atoms with Crippen molar-refractivity contribution in [3.8, 4) is 0 Å². The zero-order chi connectivity index (χ0) is 3.41. The van der Waals surface area contributed by atoms with Crippen LogP contribution in [0.4, 0.5) is 0 Å². The van der Waals surface area contributed by atoms with Gasteiger partial charge in [-0.3, -0.25) is 0 Å². The molecule has 26 valence electrons. The lowest BCUT2D eigenvalue weighted by Crippen LogP contribution is -1.34. The number of hydrogen-bond donors (Lipinski definition) is 1. The molecule has 0 aliphatic heterocycles. The molecule has 0 aromatic rings. The Morgan fingerprint density at radius 1 is 2.00 bits per heavy atom. The summed E-state index contributed by atoms with van der Waals surface area (Å²) >= 11 is -0.514. The first-order valence-corrected chi connectivity index (χ1v) is 3.18. The molecule has 0 rings (SSSR count). The maximum Gasteiger partial charge on any atom is 0.0340 e. The van der Waals surface area contributed by atoms with Crippen LogP contribution in [0.5, 0.6) is 0 Å². The topological polar surface area (TPSA) is 20.2 Å². The summed E-state index contributed by atoms with van der Waals surface area (Å²) < 4.78 is 9.72. The average Bonchev–Trinajstić information content (AvgIpc) is 1.37. The second-order valence-corrected chi connectivity index (χ2v) is 2.12. The van der Waals surface area contributed by atoms with E-state index in [0.29, 0.717) is 0 Å². The van der Waals surface area contributed by atoms with Gasteiger partial charge in [-0.1, -0.05) is 0 Å². The molecule has 0 aliphatic carbocycles. The lowest BCUT2D eigenvalue weighted by atomic mass is 11.0. The van der Waals surface area contributed by atoms with Gasteiger partial charge in [-0.25, -0.2) is 0 Å². The third-order valence-electron chi connectivity index (χ3n) is 0.0976. The number of hydrogen-bond acceptors (Lipinski definition) is 1. The Balaban J connectivity index is 2.55. The fourth-order valence-corrected chi connectivity index (χ4v) is 0. The molecule has 0 saturated carbocycles. The first kappa shape index (κ1) is 4.56. The van der Waals surface area contributed by atoms with E-state index in [2.05, 4.69) is 0 Å². The monoisotopic (exact) mass is 172 g/mol. The first-order chi connectivity index (χ1) is 1.91. The Bertz CT molecular complexity index is 21.2. The number of halogens is 1. The summed E-state index contributed by atoms with van der Waals surface area (Å²) in [6, 6.07) is 0. The smallest absolute Gasteiger partial charge is 0.0340 e. The molecule has 0 heterocycles. The minimum absolute atomic E-state index is 0.514. The van der Waals surface area contributed by atoms with Crippen LogP contribution in [0.25, 0.3) is 0 Å². The molecule has 0 radical (unpaired) electrons. The zero-order valence-corrected chi connectivity index (χ0v) is 4.56. The maximum atomic E-state index is 7.93. The molecular weight excluding hydrogens is 167 g/mol. The Kier molecular flexibility index (Phi) is 4.06. The lowest BCUT2D eigenvalue weighted by molar-refractivity contribution is 0.748. The fraction of sp³-hybridized carbons (Fsp3) is 0.500. The van der Waals surface area contributed by atoms with Gasteiger partial charge in [-0.2, -0.15) is 0 Å². The molecule has 0 aliphatic rings. The van der Waals surface area contributed by atoms with Crippen LogP contribution in [-0.4, -0.2) is 7.45 Å². The van der Waals surface area contributed by atoms with Crippen molar-refractivity contribution in [2.75, 3.05) is 0 Å². The predicted octanol–water partition coefficient (Wildman–Crippen LogP) is 0.687. The van der Waals surface area contributed by atoms with Gasteiger partial charge >= 0.3 is 0 Å². The van der Waals surface area contributed by atoms with E-state index in [9.17, 15) is 0 Å². The minimum Gasteiger partial charge on any atom is -0.337 e. The highest BCUT2D eigenvalue weighted by Gasteiger charge is 1.36. The molecule has 0 aromatic heterocycles. The maximum absolute atomic E-state index is 7.93. The second-order valence-electron chi connectivity index (χ2n) is 0.316. The van der Waals surface area contributed by atoms with E-state index in [4.69, 9.17) is 3.44 Å². The van der Waals surface area contributed by atoms with Crippen LogP contribution in [-0.2, 0) is 0 Å². The molecule has 0 bridgehead atoms. The minimum atomic E-state index is -0.514. The summed E-state index contributed by atoms with van der Waals surface area (Å²) in [5, 5.41) is 0. The molecule has 0 unspecified atom stereocenters. The van der Waals surface area contributed by atoms with Crippen molar-refractivity contribution >= 4 is 25.2 Å². The molecule has 1 N–H and O–H groups in total. The summed E-state index contributed by atoms with van der Waals surface area (Å²) in [7, 11) is 0. The van der Waals surface area contributed by atoms with Crippen molar-refractivity contribution in [1.82, 2.24) is 0 Å². The third kappa shape index (κ3) is 2.56. The lowest BCUT2D eigenvalue weighted by Gasteiger charge is -1.49. The van der Waals surface area contributed by atoms with Crippen LogP contribution < -0.4 is 0 Å². The van der Waals surface area contributed by atoms with Gasteiger partial charge in [0.05, 0.1) is 0 Å². The van der Waals surface area contributed by atoms with E-state index in [0.717, 1.165) is 0 Å². The van der Waals surface area contributed by atoms with E-state index < -0.39 is 21.1 Å². The summed E-state index contributed by atoms with van der Waals surface area (Å²) in [6.45, 7) is 1.85. The van der Waals surface area contributed by atoms with Crippen LogP contribution >= 0.6 is 21.1 Å². The third-order valence-corrected chi connectivity index (χ3v) is 0.655. The molecule has 0 atom stereocenters. The van der Waals surface area contributed by atoms with E-state index in [1.54, 1.807) is 4.01 Å². The first-order valence-electron chi connectivity index (χ1n) is 0.965. The van der Waals surface area contributed by atoms with E-state index in [1.807, 2.05) is 6.92 Å². The molecule has 0 spiro atoms. The van der Waals surface area contributed by atoms with E-state index >= 15 is 0 Å². The summed E-state index contributed by atoms with van der Waals surface area (Å²) in [4.78, 5) is 0. The summed E-state index contributed by atoms with van der Waals surface area (Å²) in [5.74, 6) is 0. The van der Waals surface area contributed by atoms with Crippen LogP contribution in [0.15, 0.2) is 0 Å². The molecule has 1 nitrogen and oxygen atoms in total.